The van der Waals surface area contributed by atoms with Crippen LogP contribution in [0.3, 0.4) is 0 Å². The van der Waals surface area contributed by atoms with Gasteiger partial charge >= 0.3 is 0 Å². The zero-order valence-electron chi connectivity index (χ0n) is 13.6. The van der Waals surface area contributed by atoms with Crippen LogP contribution in [0.4, 0.5) is 5.69 Å². The number of likely N-dealkylation sites (tertiary alicyclic amines) is 1. The van der Waals surface area contributed by atoms with Gasteiger partial charge in [0.2, 0.25) is 11.8 Å². The first-order chi connectivity index (χ1) is 12.2. The van der Waals surface area contributed by atoms with Crippen LogP contribution >= 0.6 is 0 Å². The van der Waals surface area contributed by atoms with Crippen molar-refractivity contribution in [1.29, 1.82) is 0 Å². The summed E-state index contributed by atoms with van der Waals surface area (Å²) in [6.07, 6.45) is 1.78. The number of amides is 2. The number of nitrogens with one attached hydrogen (secondary N) is 1. The summed E-state index contributed by atoms with van der Waals surface area (Å²) in [5.41, 5.74) is 0.631. The van der Waals surface area contributed by atoms with E-state index in [0.717, 1.165) is 0 Å². The molecule has 2 aliphatic rings. The predicted molar refractivity (Wildman–Crippen MR) is 88.3 cm³/mol. The smallest absolute Gasteiger partial charge is 0.229 e. The third-order valence-electron chi connectivity index (χ3n) is 4.32. The first-order valence-corrected chi connectivity index (χ1v) is 8.20. The molecular weight excluding hydrogens is 324 g/mol. The van der Waals surface area contributed by atoms with Crippen LogP contribution in [0.25, 0.3) is 0 Å². The standard InChI is InChI=1S/C18H18N2O5/c21-17-8-12(10-20(17)11-14-2-1-5-23-14)18(22)19-13-3-4-15-16(9-13)25-7-6-24-15/h1-5,9,12H,6-8,10-11H2,(H,19,22). The summed E-state index contributed by atoms with van der Waals surface area (Å²) in [5.74, 6) is 1.40. The van der Waals surface area contributed by atoms with Crippen molar-refractivity contribution in [2.75, 3.05) is 25.1 Å². The Morgan fingerprint density at radius 1 is 1.20 bits per heavy atom. The van der Waals surface area contributed by atoms with Gasteiger partial charge < -0.3 is 24.1 Å². The fourth-order valence-electron chi connectivity index (χ4n) is 3.06. The second-order valence-electron chi connectivity index (χ2n) is 6.10. The van der Waals surface area contributed by atoms with Gasteiger partial charge in [-0.3, -0.25) is 9.59 Å². The fourth-order valence-corrected chi connectivity index (χ4v) is 3.06. The van der Waals surface area contributed by atoms with Crippen LogP contribution in [0.15, 0.2) is 41.0 Å². The van der Waals surface area contributed by atoms with Gasteiger partial charge in [0.05, 0.1) is 18.7 Å². The molecule has 1 unspecified atom stereocenters. The van der Waals surface area contributed by atoms with E-state index in [9.17, 15) is 9.59 Å². The molecular formula is C18H18N2O5. The van der Waals surface area contributed by atoms with Crippen LogP contribution in [-0.4, -0.2) is 36.5 Å². The summed E-state index contributed by atoms with van der Waals surface area (Å²) >= 11 is 0. The lowest BCUT2D eigenvalue weighted by Crippen LogP contribution is -2.28. The highest BCUT2D eigenvalue weighted by molar-refractivity contribution is 5.97. The number of furan rings is 1. The molecule has 3 heterocycles. The molecule has 7 heteroatoms. The van der Waals surface area contributed by atoms with Gasteiger partial charge in [-0.25, -0.2) is 0 Å². The molecule has 0 aliphatic carbocycles. The number of anilines is 1. The van der Waals surface area contributed by atoms with E-state index < -0.39 is 0 Å². The molecule has 1 aromatic carbocycles. The average Bonchev–Trinajstić information content (AvgIpc) is 3.25. The van der Waals surface area contributed by atoms with Gasteiger partial charge in [-0.05, 0) is 24.3 Å². The maximum atomic E-state index is 12.5. The van der Waals surface area contributed by atoms with Crippen molar-refractivity contribution < 1.29 is 23.5 Å². The number of hydrogen-bond donors (Lipinski definition) is 1. The zero-order valence-corrected chi connectivity index (χ0v) is 13.6. The molecule has 7 nitrogen and oxygen atoms in total. The summed E-state index contributed by atoms with van der Waals surface area (Å²) < 4.78 is 16.2. The number of fused-ring (bicyclic) bond motifs is 1. The minimum atomic E-state index is -0.379. The van der Waals surface area contributed by atoms with E-state index in [1.54, 1.807) is 35.4 Å². The average molecular weight is 342 g/mol. The Balaban J connectivity index is 1.39. The van der Waals surface area contributed by atoms with Gasteiger partial charge in [0.25, 0.3) is 0 Å². The quantitative estimate of drug-likeness (QED) is 0.920. The van der Waals surface area contributed by atoms with Crippen LogP contribution in [0.2, 0.25) is 0 Å². The van der Waals surface area contributed by atoms with Gasteiger partial charge in [-0.2, -0.15) is 0 Å². The molecule has 2 amide bonds. The Kier molecular flexibility index (Phi) is 4.05. The molecule has 2 aliphatic heterocycles. The highest BCUT2D eigenvalue weighted by atomic mass is 16.6. The number of rotatable bonds is 4. The van der Waals surface area contributed by atoms with E-state index in [1.165, 1.54) is 0 Å². The van der Waals surface area contributed by atoms with Crippen molar-refractivity contribution in [3.8, 4) is 11.5 Å². The summed E-state index contributed by atoms with van der Waals surface area (Å²) in [7, 11) is 0. The number of carbonyl (C=O) groups is 2. The third kappa shape index (κ3) is 3.31. The maximum Gasteiger partial charge on any atom is 0.229 e. The molecule has 1 saturated heterocycles. The van der Waals surface area contributed by atoms with Gasteiger partial charge in [-0.1, -0.05) is 0 Å². The number of carbonyl (C=O) groups excluding carboxylic acids is 2. The summed E-state index contributed by atoms with van der Waals surface area (Å²) in [5, 5.41) is 2.86. The van der Waals surface area contributed by atoms with Crippen LogP contribution in [0.1, 0.15) is 12.2 Å². The zero-order chi connectivity index (χ0) is 17.2. The second kappa shape index (κ2) is 6.51. The van der Waals surface area contributed by atoms with Crippen molar-refractivity contribution in [1.82, 2.24) is 4.90 Å². The highest BCUT2D eigenvalue weighted by Crippen LogP contribution is 2.33. The van der Waals surface area contributed by atoms with Gasteiger partial charge in [0, 0.05) is 24.7 Å². The van der Waals surface area contributed by atoms with Crippen LogP contribution in [-0.2, 0) is 16.1 Å². The molecule has 0 radical (unpaired) electrons. The Morgan fingerprint density at radius 2 is 2.04 bits per heavy atom. The molecule has 1 fully saturated rings. The van der Waals surface area contributed by atoms with Crippen molar-refractivity contribution in [2.45, 2.75) is 13.0 Å². The van der Waals surface area contributed by atoms with Crippen molar-refractivity contribution in [2.24, 2.45) is 5.92 Å². The first kappa shape index (κ1) is 15.6. The number of ether oxygens (including phenoxy) is 2. The summed E-state index contributed by atoms with van der Waals surface area (Å²) in [6, 6.07) is 8.87. The van der Waals surface area contributed by atoms with Crippen LogP contribution in [0, 0.1) is 5.92 Å². The van der Waals surface area contributed by atoms with E-state index >= 15 is 0 Å². The summed E-state index contributed by atoms with van der Waals surface area (Å²) in [6.45, 7) is 1.78. The van der Waals surface area contributed by atoms with Gasteiger partial charge in [0.15, 0.2) is 11.5 Å². The molecule has 0 saturated carbocycles. The predicted octanol–water partition coefficient (Wildman–Crippen LogP) is 2.04. The van der Waals surface area contributed by atoms with Gasteiger partial charge in [-0.15, -0.1) is 0 Å². The van der Waals surface area contributed by atoms with Crippen LogP contribution < -0.4 is 14.8 Å². The first-order valence-electron chi connectivity index (χ1n) is 8.20. The Labute approximate surface area is 144 Å². The maximum absolute atomic E-state index is 12.5. The molecule has 0 spiro atoms. The minimum Gasteiger partial charge on any atom is -0.486 e. The van der Waals surface area contributed by atoms with E-state index in [-0.39, 0.29) is 24.2 Å². The molecule has 1 N–H and O–H groups in total. The van der Waals surface area contributed by atoms with E-state index in [1.807, 2.05) is 6.07 Å². The molecule has 25 heavy (non-hydrogen) atoms. The topological polar surface area (TPSA) is 81.0 Å². The van der Waals surface area contributed by atoms with Crippen molar-refractivity contribution in [3.05, 3.63) is 42.4 Å². The second-order valence-corrected chi connectivity index (χ2v) is 6.10. The Hall–Kier alpha value is -2.96. The molecule has 0 bridgehead atoms. The molecule has 1 atom stereocenters. The number of benzene rings is 1. The largest absolute Gasteiger partial charge is 0.486 e. The molecule has 130 valence electrons. The minimum absolute atomic E-state index is 0.0428. The van der Waals surface area contributed by atoms with E-state index in [0.29, 0.717) is 49.2 Å². The van der Waals surface area contributed by atoms with Crippen LogP contribution in [0.5, 0.6) is 11.5 Å². The summed E-state index contributed by atoms with van der Waals surface area (Å²) in [4.78, 5) is 26.3. The van der Waals surface area contributed by atoms with E-state index in [4.69, 9.17) is 13.9 Å². The lowest BCUT2D eigenvalue weighted by molar-refractivity contribution is -0.128. The lowest BCUT2D eigenvalue weighted by Gasteiger charge is -2.19. The van der Waals surface area contributed by atoms with Gasteiger partial charge in [0.1, 0.15) is 19.0 Å². The highest BCUT2D eigenvalue weighted by Gasteiger charge is 2.34. The monoisotopic (exact) mass is 342 g/mol. The molecule has 4 rings (SSSR count). The molecule has 2 aromatic rings. The lowest BCUT2D eigenvalue weighted by atomic mass is 10.1. The molecule has 1 aromatic heterocycles. The fraction of sp³-hybridized carbons (Fsp3) is 0.333. The van der Waals surface area contributed by atoms with Crippen molar-refractivity contribution in [3.63, 3.8) is 0 Å². The normalized spacial score (nSPS) is 19.1. The Bertz CT molecular complexity index is 787. The SMILES string of the molecule is O=C(Nc1ccc2c(c1)OCCO2)C1CC(=O)N(Cc2ccco2)C1. The number of nitrogens with zero attached hydrogens (tertiary/aromatic N) is 1. The third-order valence-corrected chi connectivity index (χ3v) is 4.32. The Morgan fingerprint density at radius 3 is 2.84 bits per heavy atom. The van der Waals surface area contributed by atoms with E-state index in [2.05, 4.69) is 5.32 Å². The number of hydrogen-bond acceptors (Lipinski definition) is 5. The van der Waals surface area contributed by atoms with Crippen molar-refractivity contribution >= 4 is 17.5 Å².